The molecule has 1 aromatic carbocycles. The second kappa shape index (κ2) is 6.83. The molecule has 2 nitrogen and oxygen atoms in total. The molecule has 3 heteroatoms. The van der Waals surface area contributed by atoms with Crippen molar-refractivity contribution in [2.75, 3.05) is 11.5 Å². The van der Waals surface area contributed by atoms with Crippen LogP contribution >= 0.6 is 0 Å². The summed E-state index contributed by atoms with van der Waals surface area (Å²) in [6, 6.07) is 9.68. The first-order valence-corrected chi connectivity index (χ1v) is 8.13. The van der Waals surface area contributed by atoms with Gasteiger partial charge in [-0.15, -0.1) is 0 Å². The maximum Gasteiger partial charge on any atom is 0.149 e. The summed E-state index contributed by atoms with van der Waals surface area (Å²) in [5.74, 6) is 1.64. The van der Waals surface area contributed by atoms with Crippen LogP contribution in [0.3, 0.4) is 0 Å². The number of Topliss-reactive ketones (excluding diaryl/α,β-unsaturated/α-hetero) is 1. The minimum absolute atomic E-state index is 0.0949. The van der Waals surface area contributed by atoms with Gasteiger partial charge in [-0.2, -0.15) is 0 Å². The Morgan fingerprint density at radius 1 is 1.17 bits per heavy atom. The van der Waals surface area contributed by atoms with Crippen LogP contribution in [0, 0.1) is 5.92 Å². The van der Waals surface area contributed by atoms with Crippen molar-refractivity contribution < 1.29 is 9.00 Å². The number of hydrogen-bond acceptors (Lipinski definition) is 2. The molecule has 0 radical (unpaired) electrons. The van der Waals surface area contributed by atoms with Crippen LogP contribution in [0.25, 0.3) is 0 Å². The van der Waals surface area contributed by atoms with Gasteiger partial charge in [0.15, 0.2) is 0 Å². The van der Waals surface area contributed by atoms with Crippen LogP contribution < -0.4 is 0 Å². The predicted octanol–water partition coefficient (Wildman–Crippen LogP) is 2.74. The highest BCUT2D eigenvalue weighted by molar-refractivity contribution is 7.85. The zero-order valence-corrected chi connectivity index (χ0v) is 11.5. The van der Waals surface area contributed by atoms with E-state index in [9.17, 15) is 9.00 Å². The number of carbonyl (C=O) groups is 1. The molecule has 0 aliphatic heterocycles. The van der Waals surface area contributed by atoms with Gasteiger partial charge in [-0.1, -0.05) is 43.2 Å². The molecule has 0 amide bonds. The molecule has 0 spiro atoms. The highest BCUT2D eigenvalue weighted by atomic mass is 32.2. The maximum absolute atomic E-state index is 11.9. The molecule has 1 aromatic rings. The number of ketones is 1. The fraction of sp³-hybridized carbons (Fsp3) is 0.533. The minimum Gasteiger partial charge on any atom is -0.298 e. The predicted molar refractivity (Wildman–Crippen MR) is 75.0 cm³/mol. The van der Waals surface area contributed by atoms with Crippen LogP contribution in [-0.4, -0.2) is 21.5 Å². The highest BCUT2D eigenvalue weighted by Gasteiger charge is 2.19. The van der Waals surface area contributed by atoms with Gasteiger partial charge in [0.25, 0.3) is 0 Å². The lowest BCUT2D eigenvalue weighted by Gasteiger charge is -2.08. The Morgan fingerprint density at radius 3 is 2.50 bits per heavy atom. The van der Waals surface area contributed by atoms with Crippen molar-refractivity contribution in [1.29, 1.82) is 0 Å². The average Bonchev–Trinajstić information content (AvgIpc) is 2.82. The second-order valence-corrected chi connectivity index (χ2v) is 6.60. The average molecular weight is 264 g/mol. The van der Waals surface area contributed by atoms with Crippen molar-refractivity contribution in [3.05, 3.63) is 35.9 Å². The fourth-order valence-corrected chi connectivity index (χ4v) is 3.99. The molecule has 0 heterocycles. The summed E-state index contributed by atoms with van der Waals surface area (Å²) in [6.07, 6.45) is 5.33. The number of rotatable bonds is 6. The van der Waals surface area contributed by atoms with Crippen LogP contribution in [0.2, 0.25) is 0 Å². The van der Waals surface area contributed by atoms with Crippen molar-refractivity contribution >= 4 is 16.6 Å². The van der Waals surface area contributed by atoms with Gasteiger partial charge >= 0.3 is 0 Å². The van der Waals surface area contributed by atoms with Gasteiger partial charge in [-0.25, -0.2) is 0 Å². The van der Waals surface area contributed by atoms with Crippen LogP contribution in [0.5, 0.6) is 0 Å². The van der Waals surface area contributed by atoms with E-state index in [4.69, 9.17) is 0 Å². The van der Waals surface area contributed by atoms with Crippen LogP contribution in [0.1, 0.15) is 31.2 Å². The molecule has 1 aliphatic rings. The third kappa shape index (κ3) is 4.37. The number of carbonyl (C=O) groups excluding carboxylic acids is 1. The minimum atomic E-state index is -0.963. The molecule has 1 unspecified atom stereocenters. The van der Waals surface area contributed by atoms with E-state index in [0.29, 0.717) is 12.3 Å². The quantitative estimate of drug-likeness (QED) is 0.791. The molecule has 0 N–H and O–H groups in total. The summed E-state index contributed by atoms with van der Waals surface area (Å²) in [6.45, 7) is 0. The number of hydrogen-bond donors (Lipinski definition) is 0. The van der Waals surface area contributed by atoms with E-state index < -0.39 is 10.8 Å². The summed E-state index contributed by atoms with van der Waals surface area (Å²) < 4.78 is 11.9. The summed E-state index contributed by atoms with van der Waals surface area (Å²) in [5, 5.41) is 0. The lowest BCUT2D eigenvalue weighted by Crippen LogP contribution is -2.18. The molecule has 2 rings (SSSR count). The third-order valence-corrected chi connectivity index (χ3v) is 4.95. The molecule has 0 aromatic heterocycles. The Morgan fingerprint density at radius 2 is 1.83 bits per heavy atom. The topological polar surface area (TPSA) is 34.1 Å². The number of benzene rings is 1. The van der Waals surface area contributed by atoms with Crippen LogP contribution in [-0.2, 0) is 22.0 Å². The first kappa shape index (κ1) is 13.5. The Labute approximate surface area is 111 Å². The van der Waals surface area contributed by atoms with Crippen LogP contribution in [0.15, 0.2) is 30.3 Å². The normalized spacial score (nSPS) is 17.8. The third-order valence-electron chi connectivity index (χ3n) is 3.46. The Balaban J connectivity index is 1.75. The SMILES string of the molecule is O=C(Cc1ccccc1)CS(=O)CC1CCCC1. The highest BCUT2D eigenvalue weighted by Crippen LogP contribution is 2.25. The lowest BCUT2D eigenvalue weighted by molar-refractivity contribution is -0.116. The molecule has 0 saturated heterocycles. The first-order chi connectivity index (χ1) is 8.74. The van der Waals surface area contributed by atoms with Crippen molar-refractivity contribution in [3.63, 3.8) is 0 Å². The summed E-state index contributed by atoms with van der Waals surface area (Å²) in [7, 11) is -0.963. The van der Waals surface area contributed by atoms with Gasteiger partial charge < -0.3 is 0 Å². The van der Waals surface area contributed by atoms with Crippen molar-refractivity contribution in [2.45, 2.75) is 32.1 Å². The van der Waals surface area contributed by atoms with E-state index in [0.717, 1.165) is 11.3 Å². The van der Waals surface area contributed by atoms with E-state index in [2.05, 4.69) is 0 Å². The molecule has 98 valence electrons. The maximum atomic E-state index is 11.9. The smallest absolute Gasteiger partial charge is 0.149 e. The van der Waals surface area contributed by atoms with E-state index in [1.54, 1.807) is 0 Å². The molecular formula is C15H20O2S. The summed E-state index contributed by atoms with van der Waals surface area (Å²) >= 11 is 0. The molecule has 1 saturated carbocycles. The molecule has 0 bridgehead atoms. The van der Waals surface area contributed by atoms with Crippen molar-refractivity contribution in [1.82, 2.24) is 0 Å². The molecule has 1 atom stereocenters. The Hall–Kier alpha value is -0.960. The molecule has 1 fully saturated rings. The monoisotopic (exact) mass is 264 g/mol. The summed E-state index contributed by atoms with van der Waals surface area (Å²) in [4.78, 5) is 11.8. The van der Waals surface area contributed by atoms with Crippen LogP contribution in [0.4, 0.5) is 0 Å². The lowest BCUT2D eigenvalue weighted by atomic mass is 10.1. The largest absolute Gasteiger partial charge is 0.298 e. The van der Waals surface area contributed by atoms with E-state index >= 15 is 0 Å². The van der Waals surface area contributed by atoms with E-state index in [1.807, 2.05) is 30.3 Å². The van der Waals surface area contributed by atoms with Gasteiger partial charge in [-0.3, -0.25) is 9.00 Å². The van der Waals surface area contributed by atoms with Gasteiger partial charge in [-0.05, 0) is 24.3 Å². The first-order valence-electron chi connectivity index (χ1n) is 6.64. The van der Waals surface area contributed by atoms with Crippen molar-refractivity contribution in [3.8, 4) is 0 Å². The molecular weight excluding hydrogens is 244 g/mol. The Bertz CT molecular complexity index is 408. The zero-order valence-electron chi connectivity index (χ0n) is 10.6. The van der Waals surface area contributed by atoms with Gasteiger partial charge in [0, 0.05) is 23.0 Å². The van der Waals surface area contributed by atoms with E-state index in [-0.39, 0.29) is 11.5 Å². The van der Waals surface area contributed by atoms with Gasteiger partial charge in [0.05, 0.1) is 5.75 Å². The Kier molecular flexibility index (Phi) is 5.12. The summed E-state index contributed by atoms with van der Waals surface area (Å²) in [5.41, 5.74) is 1.01. The zero-order chi connectivity index (χ0) is 12.8. The standard InChI is InChI=1S/C15H20O2S/c16-15(10-13-6-2-1-3-7-13)12-18(17)11-14-8-4-5-9-14/h1-3,6-7,14H,4-5,8-12H2. The fourth-order valence-electron chi connectivity index (χ4n) is 2.55. The van der Waals surface area contributed by atoms with Crippen molar-refractivity contribution in [2.24, 2.45) is 5.92 Å². The van der Waals surface area contributed by atoms with E-state index in [1.165, 1.54) is 25.7 Å². The van der Waals surface area contributed by atoms with Gasteiger partial charge in [0.2, 0.25) is 0 Å². The molecule has 1 aliphatic carbocycles. The second-order valence-electron chi connectivity index (χ2n) is 5.10. The van der Waals surface area contributed by atoms with Gasteiger partial charge in [0.1, 0.15) is 5.78 Å². The molecule has 18 heavy (non-hydrogen) atoms.